The maximum Gasteiger partial charge on any atom is 0.329 e. The lowest BCUT2D eigenvalue weighted by atomic mass is 9.90. The van der Waals surface area contributed by atoms with Gasteiger partial charge in [-0.3, -0.25) is 38.4 Å². The maximum atomic E-state index is 13.6. The predicted molar refractivity (Wildman–Crippen MR) is 253 cm³/mol. The number of unbranched alkanes of at least 4 members (excludes halogenated alkanes) is 3. The molecule has 3 rings (SSSR count). The SMILES string of the molecule is CNCCCCC(NC(=O)CC(=O)NC(CC(C)C)C(=O)OC1COC2C(OC(=O)C(CC(=O)CC(=O)CCCCCC(CC(=O)CC(C)=O)C(=O)O)CC(C)C)COC12)C(=O)OCc1ccccc1. The van der Waals surface area contributed by atoms with E-state index in [0.29, 0.717) is 45.1 Å². The molecule has 2 aliphatic rings. The monoisotopic (exact) mass is 986 g/mol. The van der Waals surface area contributed by atoms with Gasteiger partial charge in [-0.2, -0.15) is 0 Å². The molecular formula is C51H75N3O16. The van der Waals surface area contributed by atoms with Gasteiger partial charge in [0.15, 0.2) is 12.2 Å². The van der Waals surface area contributed by atoms with Crippen LogP contribution in [0.3, 0.4) is 0 Å². The first kappa shape index (κ1) is 58.9. The number of ketones is 4. The summed E-state index contributed by atoms with van der Waals surface area (Å²) in [6.45, 7) is 9.31. The molecule has 8 atom stereocenters. The molecule has 0 radical (unpaired) electrons. The Morgan fingerprint density at radius 1 is 0.643 bits per heavy atom. The molecule has 8 unspecified atom stereocenters. The molecule has 0 spiro atoms. The summed E-state index contributed by atoms with van der Waals surface area (Å²) in [6, 6.07) is 6.97. The smallest absolute Gasteiger partial charge is 0.329 e. The van der Waals surface area contributed by atoms with Crippen LogP contribution in [0.5, 0.6) is 0 Å². The number of Topliss-reactive ketones (excluding diaryl/α,β-unsaturated/α-hetero) is 4. The summed E-state index contributed by atoms with van der Waals surface area (Å²) in [4.78, 5) is 127. The maximum absolute atomic E-state index is 13.6. The number of aliphatic carboxylic acids is 1. The minimum absolute atomic E-state index is 0.00496. The highest BCUT2D eigenvalue weighted by atomic mass is 16.7. The number of hydrogen-bond donors (Lipinski definition) is 4. The van der Waals surface area contributed by atoms with Crippen LogP contribution in [0.2, 0.25) is 0 Å². The van der Waals surface area contributed by atoms with Crippen LogP contribution >= 0.6 is 0 Å². The van der Waals surface area contributed by atoms with Gasteiger partial charge < -0.3 is 44.7 Å². The Morgan fingerprint density at radius 3 is 1.80 bits per heavy atom. The summed E-state index contributed by atoms with van der Waals surface area (Å²) in [5.41, 5.74) is 0.778. The van der Waals surface area contributed by atoms with Crippen LogP contribution < -0.4 is 16.0 Å². The number of carbonyl (C=O) groups excluding carboxylic acids is 9. The second-order valence-electron chi connectivity index (χ2n) is 19.3. The van der Waals surface area contributed by atoms with Crippen molar-refractivity contribution in [2.24, 2.45) is 23.7 Å². The second-order valence-corrected chi connectivity index (χ2v) is 19.3. The van der Waals surface area contributed by atoms with Crippen molar-refractivity contribution >= 4 is 58.8 Å². The van der Waals surface area contributed by atoms with Crippen molar-refractivity contribution in [1.82, 2.24) is 16.0 Å². The van der Waals surface area contributed by atoms with Crippen molar-refractivity contribution < 1.29 is 76.7 Å². The standard InChI is InChI=1S/C51H75N3O16/c1-31(2)21-36(25-39(58)26-37(56)18-12-8-11-17-35(48(61)62)24-38(57)23-33(5)55)49(63)69-42-29-66-47-43(30-67-46(42)47)70-51(65)41(22-32(3)4)54-45(60)27-44(59)53-40(19-13-14-20-52-6)50(64)68-28-34-15-9-7-10-16-34/h7,9-10,15-16,31-32,35-36,40-43,46-47,52H,8,11-14,17-30H2,1-6H3,(H,53,59)(H,54,60)(H,61,62). The molecule has 19 heteroatoms. The van der Waals surface area contributed by atoms with Gasteiger partial charge in [0.25, 0.3) is 0 Å². The Morgan fingerprint density at radius 2 is 1.21 bits per heavy atom. The van der Waals surface area contributed by atoms with E-state index in [1.54, 1.807) is 0 Å². The molecule has 1 aromatic carbocycles. The van der Waals surface area contributed by atoms with E-state index in [0.717, 1.165) is 12.0 Å². The zero-order valence-electron chi connectivity index (χ0n) is 41.7. The number of amides is 2. The topological polar surface area (TPSA) is 273 Å². The molecule has 1 aromatic rings. The number of rotatable bonds is 35. The van der Waals surface area contributed by atoms with Crippen molar-refractivity contribution in [3.63, 3.8) is 0 Å². The van der Waals surface area contributed by atoms with Gasteiger partial charge in [-0.25, -0.2) is 9.59 Å². The zero-order chi connectivity index (χ0) is 51.8. The van der Waals surface area contributed by atoms with E-state index in [9.17, 15) is 53.1 Å². The van der Waals surface area contributed by atoms with E-state index in [1.165, 1.54) is 6.92 Å². The molecule has 0 aliphatic carbocycles. The second kappa shape index (κ2) is 31.0. The molecule has 70 heavy (non-hydrogen) atoms. The first-order valence-electron chi connectivity index (χ1n) is 24.6. The highest BCUT2D eigenvalue weighted by Crippen LogP contribution is 2.32. The third kappa shape index (κ3) is 22.1. The van der Waals surface area contributed by atoms with Crippen molar-refractivity contribution in [2.75, 3.05) is 26.8 Å². The molecule has 4 N–H and O–H groups in total. The van der Waals surface area contributed by atoms with Crippen molar-refractivity contribution in [3.05, 3.63) is 35.9 Å². The van der Waals surface area contributed by atoms with E-state index >= 15 is 0 Å². The molecule has 2 heterocycles. The van der Waals surface area contributed by atoms with Gasteiger partial charge in [0, 0.05) is 19.3 Å². The third-order valence-corrected chi connectivity index (χ3v) is 11.9. The number of hydrogen-bond acceptors (Lipinski definition) is 16. The molecule has 0 saturated carbocycles. The number of fused-ring (bicyclic) bond motifs is 1. The molecule has 0 aromatic heterocycles. The zero-order valence-corrected chi connectivity index (χ0v) is 41.7. The number of carboxylic acid groups (broad SMARTS) is 1. The van der Waals surface area contributed by atoms with Crippen molar-refractivity contribution in [2.45, 2.75) is 174 Å². The number of benzene rings is 1. The molecule has 2 saturated heterocycles. The molecular weight excluding hydrogens is 911 g/mol. The Hall–Kier alpha value is -5.40. The van der Waals surface area contributed by atoms with Crippen LogP contribution in [0.1, 0.15) is 136 Å². The number of nitrogens with one attached hydrogen (secondary N) is 3. The first-order chi connectivity index (χ1) is 33.3. The average Bonchev–Trinajstić information content (AvgIpc) is 3.87. The summed E-state index contributed by atoms with van der Waals surface area (Å²) in [5.74, 6) is -7.98. The van der Waals surface area contributed by atoms with Gasteiger partial charge in [0.2, 0.25) is 11.8 Å². The minimum Gasteiger partial charge on any atom is -0.481 e. The summed E-state index contributed by atoms with van der Waals surface area (Å²) < 4.78 is 29.0. The van der Waals surface area contributed by atoms with Crippen LogP contribution in [0.15, 0.2) is 30.3 Å². The summed E-state index contributed by atoms with van der Waals surface area (Å²) in [6.07, 6.45) is -1.37. The van der Waals surface area contributed by atoms with Gasteiger partial charge in [-0.15, -0.1) is 0 Å². The number of carboxylic acids is 1. The van der Waals surface area contributed by atoms with Crippen molar-refractivity contribution in [3.8, 4) is 0 Å². The van der Waals surface area contributed by atoms with Gasteiger partial charge in [-0.1, -0.05) is 70.9 Å². The van der Waals surface area contributed by atoms with E-state index in [1.807, 2.05) is 65.1 Å². The Bertz CT molecular complexity index is 1920. The molecule has 2 amide bonds. The summed E-state index contributed by atoms with van der Waals surface area (Å²) >= 11 is 0. The van der Waals surface area contributed by atoms with E-state index in [-0.39, 0.29) is 88.2 Å². The predicted octanol–water partition coefficient (Wildman–Crippen LogP) is 4.32. The Balaban J connectivity index is 1.49. The Labute approximate surface area is 410 Å². The highest BCUT2D eigenvalue weighted by Gasteiger charge is 2.52. The Kier molecular flexibility index (Phi) is 26.1. The van der Waals surface area contributed by atoms with Gasteiger partial charge in [0.05, 0.1) is 37.9 Å². The quantitative estimate of drug-likeness (QED) is 0.0319. The minimum atomic E-state index is -1.14. The highest BCUT2D eigenvalue weighted by molar-refractivity contribution is 6.01. The summed E-state index contributed by atoms with van der Waals surface area (Å²) in [7, 11) is 1.81. The fourth-order valence-electron chi connectivity index (χ4n) is 8.47. The average molecular weight is 986 g/mol. The molecule has 2 fully saturated rings. The van der Waals surface area contributed by atoms with E-state index in [2.05, 4.69) is 16.0 Å². The molecule has 2 aliphatic heterocycles. The fraction of sp³-hybridized carbons (Fsp3) is 0.686. The summed E-state index contributed by atoms with van der Waals surface area (Å²) in [5, 5.41) is 17.7. The van der Waals surface area contributed by atoms with E-state index < -0.39 is 102 Å². The van der Waals surface area contributed by atoms with Crippen LogP contribution in [-0.4, -0.2) is 127 Å². The first-order valence-corrected chi connectivity index (χ1v) is 24.6. The van der Waals surface area contributed by atoms with Gasteiger partial charge in [0.1, 0.15) is 60.5 Å². The van der Waals surface area contributed by atoms with Crippen LogP contribution in [-0.2, 0) is 78.2 Å². The van der Waals surface area contributed by atoms with Crippen molar-refractivity contribution in [1.29, 1.82) is 0 Å². The van der Waals surface area contributed by atoms with Crippen LogP contribution in [0.4, 0.5) is 0 Å². The van der Waals surface area contributed by atoms with Crippen LogP contribution in [0, 0.1) is 23.7 Å². The number of esters is 3. The lowest BCUT2D eigenvalue weighted by Gasteiger charge is -2.23. The van der Waals surface area contributed by atoms with Gasteiger partial charge in [-0.05, 0) is 82.9 Å². The largest absolute Gasteiger partial charge is 0.481 e. The lowest BCUT2D eigenvalue weighted by Crippen LogP contribution is -2.48. The fourth-order valence-corrected chi connectivity index (χ4v) is 8.47. The third-order valence-electron chi connectivity index (χ3n) is 11.9. The number of ether oxygens (including phenoxy) is 5. The number of carbonyl (C=O) groups is 10. The molecule has 0 bridgehead atoms. The normalized spacial score (nSPS) is 19.0. The lowest BCUT2D eigenvalue weighted by molar-refractivity contribution is -0.161. The van der Waals surface area contributed by atoms with Gasteiger partial charge >= 0.3 is 23.9 Å². The molecule has 390 valence electrons. The van der Waals surface area contributed by atoms with Crippen LogP contribution in [0.25, 0.3) is 0 Å². The van der Waals surface area contributed by atoms with E-state index in [4.69, 9.17) is 23.7 Å². The molecule has 19 nitrogen and oxygen atoms in total.